The molecule has 0 unspecified atom stereocenters. The van der Waals surface area contributed by atoms with Gasteiger partial charge in [0.2, 0.25) is 5.75 Å². The van der Waals surface area contributed by atoms with Crippen molar-refractivity contribution in [1.82, 2.24) is 14.9 Å². The van der Waals surface area contributed by atoms with Crippen molar-refractivity contribution in [3.8, 4) is 23.0 Å². The van der Waals surface area contributed by atoms with Gasteiger partial charge in [-0.1, -0.05) is 18.2 Å². The van der Waals surface area contributed by atoms with Crippen molar-refractivity contribution in [3.63, 3.8) is 0 Å². The first-order valence-electron chi connectivity index (χ1n) is 12.7. The number of aryl methyl sites for hydroxylation is 3. The molecule has 1 heterocycles. The number of nitrogens with zero attached hydrogens (tertiary/aromatic N) is 2. The summed E-state index contributed by atoms with van der Waals surface area (Å²) in [6.07, 6.45) is 1.82. The predicted octanol–water partition coefficient (Wildman–Crippen LogP) is 5.47. The second-order valence-electron chi connectivity index (χ2n) is 9.14. The van der Waals surface area contributed by atoms with Gasteiger partial charge in [0.1, 0.15) is 11.6 Å². The summed E-state index contributed by atoms with van der Waals surface area (Å²) in [5, 5.41) is 2.99. The van der Waals surface area contributed by atoms with Crippen LogP contribution in [0.3, 0.4) is 0 Å². The maximum absolute atomic E-state index is 13.0. The van der Waals surface area contributed by atoms with Gasteiger partial charge in [-0.2, -0.15) is 0 Å². The molecule has 0 fully saturated rings. The number of rotatable bonds is 12. The highest BCUT2D eigenvalue weighted by Gasteiger charge is 2.18. The molecule has 0 aliphatic heterocycles. The second-order valence-corrected chi connectivity index (χ2v) is 9.14. The highest BCUT2D eigenvalue weighted by molar-refractivity contribution is 5.95. The number of ether oxygens (including phenoxy) is 4. The van der Waals surface area contributed by atoms with Crippen LogP contribution in [-0.4, -0.2) is 43.4 Å². The van der Waals surface area contributed by atoms with Crippen LogP contribution in [0.1, 0.15) is 40.2 Å². The number of hydrogen-bond donors (Lipinski definition) is 1. The van der Waals surface area contributed by atoms with Crippen LogP contribution in [0.25, 0.3) is 11.0 Å². The molecule has 4 aromatic rings. The molecule has 1 N–H and O–H groups in total. The number of imidazole rings is 1. The standard InChI is InChI=1S/C30H35N3O5/c1-20-14-21(2)16-23(15-20)38-13-9-8-12-33-25-11-7-6-10-24(25)32-28(33)19-31-30(34)22-17-26(35-3)29(37-5)27(18-22)36-4/h6-7,10-11,14-18H,8-9,12-13,19H2,1-5H3,(H,31,34). The van der Waals surface area contributed by atoms with E-state index in [0.717, 1.165) is 42.0 Å². The van der Waals surface area contributed by atoms with Crippen molar-refractivity contribution in [1.29, 1.82) is 0 Å². The average Bonchev–Trinajstić information content (AvgIpc) is 3.27. The van der Waals surface area contributed by atoms with Crippen LogP contribution in [0.2, 0.25) is 0 Å². The Labute approximate surface area is 223 Å². The Bertz CT molecular complexity index is 1370. The maximum Gasteiger partial charge on any atom is 0.251 e. The highest BCUT2D eigenvalue weighted by Crippen LogP contribution is 2.38. The van der Waals surface area contributed by atoms with Gasteiger partial charge in [0, 0.05) is 12.1 Å². The number of amides is 1. The number of fused-ring (bicyclic) bond motifs is 1. The van der Waals surface area contributed by atoms with E-state index in [1.807, 2.05) is 18.2 Å². The Kier molecular flexibility index (Phi) is 8.73. The van der Waals surface area contributed by atoms with Gasteiger partial charge in [0.05, 0.1) is 45.5 Å². The molecule has 0 radical (unpaired) electrons. The van der Waals surface area contributed by atoms with E-state index in [1.54, 1.807) is 12.1 Å². The van der Waals surface area contributed by atoms with Crippen molar-refractivity contribution in [2.45, 2.75) is 39.8 Å². The van der Waals surface area contributed by atoms with Crippen molar-refractivity contribution >= 4 is 16.9 Å². The molecular formula is C30H35N3O5. The van der Waals surface area contributed by atoms with E-state index in [-0.39, 0.29) is 12.5 Å². The minimum atomic E-state index is -0.260. The van der Waals surface area contributed by atoms with Crippen molar-refractivity contribution in [2.75, 3.05) is 27.9 Å². The van der Waals surface area contributed by atoms with Crippen LogP contribution in [0, 0.1) is 13.8 Å². The van der Waals surface area contributed by atoms with Crippen LogP contribution >= 0.6 is 0 Å². The molecule has 0 spiro atoms. The SMILES string of the molecule is COc1cc(C(=O)NCc2nc3ccccc3n2CCCCOc2cc(C)cc(C)c2)cc(OC)c1OC. The number of aromatic nitrogens is 2. The number of carbonyl (C=O) groups is 1. The normalized spacial score (nSPS) is 10.9. The largest absolute Gasteiger partial charge is 0.494 e. The zero-order valence-electron chi connectivity index (χ0n) is 22.7. The molecule has 3 aromatic carbocycles. The third-order valence-corrected chi connectivity index (χ3v) is 6.31. The van der Waals surface area contributed by atoms with E-state index in [4.69, 9.17) is 23.9 Å². The fraction of sp³-hybridized carbons (Fsp3) is 0.333. The van der Waals surface area contributed by atoms with Crippen LogP contribution in [0.5, 0.6) is 23.0 Å². The summed E-state index contributed by atoms with van der Waals surface area (Å²) in [7, 11) is 4.57. The molecule has 0 bridgehead atoms. The molecule has 200 valence electrons. The fourth-order valence-electron chi connectivity index (χ4n) is 4.56. The van der Waals surface area contributed by atoms with Gasteiger partial charge in [-0.15, -0.1) is 0 Å². The number of methoxy groups -OCH3 is 3. The lowest BCUT2D eigenvalue weighted by atomic mass is 10.1. The number of hydrogen-bond acceptors (Lipinski definition) is 6. The van der Waals surface area contributed by atoms with Crippen LogP contribution in [0.15, 0.2) is 54.6 Å². The summed E-state index contributed by atoms with van der Waals surface area (Å²) < 4.78 is 24.3. The summed E-state index contributed by atoms with van der Waals surface area (Å²) in [4.78, 5) is 17.8. The first-order chi connectivity index (χ1) is 18.4. The maximum atomic E-state index is 13.0. The lowest BCUT2D eigenvalue weighted by Crippen LogP contribution is -2.25. The van der Waals surface area contributed by atoms with E-state index < -0.39 is 0 Å². The molecule has 1 amide bonds. The van der Waals surface area contributed by atoms with Gasteiger partial charge in [-0.3, -0.25) is 4.79 Å². The number of para-hydroxylation sites is 2. The first-order valence-corrected chi connectivity index (χ1v) is 12.7. The molecule has 0 atom stereocenters. The molecule has 0 aliphatic rings. The van der Waals surface area contributed by atoms with E-state index in [1.165, 1.54) is 32.5 Å². The summed E-state index contributed by atoms with van der Waals surface area (Å²) in [5.74, 6) is 2.73. The molecule has 8 nitrogen and oxygen atoms in total. The minimum absolute atomic E-state index is 0.260. The highest BCUT2D eigenvalue weighted by atomic mass is 16.5. The van der Waals surface area contributed by atoms with Crippen molar-refractivity contribution in [3.05, 3.63) is 77.1 Å². The molecule has 1 aromatic heterocycles. The van der Waals surface area contributed by atoms with Gasteiger partial charge >= 0.3 is 0 Å². The van der Waals surface area contributed by atoms with Gasteiger partial charge in [-0.25, -0.2) is 4.98 Å². The fourth-order valence-corrected chi connectivity index (χ4v) is 4.56. The summed E-state index contributed by atoms with van der Waals surface area (Å²) in [5.41, 5.74) is 4.74. The van der Waals surface area contributed by atoms with E-state index >= 15 is 0 Å². The second kappa shape index (κ2) is 12.4. The zero-order chi connectivity index (χ0) is 27.1. The summed E-state index contributed by atoms with van der Waals surface area (Å²) in [6, 6.07) is 17.5. The average molecular weight is 518 g/mol. The Morgan fingerprint density at radius 1 is 0.895 bits per heavy atom. The minimum Gasteiger partial charge on any atom is -0.494 e. The number of carbonyl (C=O) groups excluding carboxylic acids is 1. The lowest BCUT2D eigenvalue weighted by Gasteiger charge is -2.14. The van der Waals surface area contributed by atoms with Gasteiger partial charge in [-0.05, 0) is 74.2 Å². The molecule has 4 rings (SSSR count). The molecule has 38 heavy (non-hydrogen) atoms. The third-order valence-electron chi connectivity index (χ3n) is 6.31. The van der Waals surface area contributed by atoms with E-state index in [2.05, 4.69) is 48.0 Å². The molecule has 0 saturated heterocycles. The van der Waals surface area contributed by atoms with Crippen LogP contribution in [-0.2, 0) is 13.1 Å². The lowest BCUT2D eigenvalue weighted by molar-refractivity contribution is 0.0948. The molecular weight excluding hydrogens is 482 g/mol. The van der Waals surface area contributed by atoms with Gasteiger partial charge in [0.25, 0.3) is 5.91 Å². The smallest absolute Gasteiger partial charge is 0.251 e. The van der Waals surface area contributed by atoms with Crippen LogP contribution < -0.4 is 24.3 Å². The Hall–Kier alpha value is -4.20. The number of nitrogens with one attached hydrogen (secondary N) is 1. The summed E-state index contributed by atoms with van der Waals surface area (Å²) >= 11 is 0. The zero-order valence-corrected chi connectivity index (χ0v) is 22.7. The Morgan fingerprint density at radius 2 is 1.58 bits per heavy atom. The van der Waals surface area contributed by atoms with Crippen molar-refractivity contribution in [2.24, 2.45) is 0 Å². The van der Waals surface area contributed by atoms with Gasteiger partial charge in [0.15, 0.2) is 11.5 Å². The van der Waals surface area contributed by atoms with Gasteiger partial charge < -0.3 is 28.8 Å². The molecule has 0 saturated carbocycles. The predicted molar refractivity (Wildman–Crippen MR) is 148 cm³/mol. The quantitative estimate of drug-likeness (QED) is 0.251. The third kappa shape index (κ3) is 6.19. The Balaban J connectivity index is 1.42. The number of benzene rings is 3. The van der Waals surface area contributed by atoms with E-state index in [0.29, 0.717) is 29.4 Å². The van der Waals surface area contributed by atoms with E-state index in [9.17, 15) is 4.79 Å². The Morgan fingerprint density at radius 3 is 2.24 bits per heavy atom. The van der Waals surface area contributed by atoms with Crippen LogP contribution in [0.4, 0.5) is 0 Å². The number of unbranched alkanes of at least 4 members (excludes halogenated alkanes) is 1. The van der Waals surface area contributed by atoms with Crippen molar-refractivity contribution < 1.29 is 23.7 Å². The summed E-state index contributed by atoms with van der Waals surface area (Å²) in [6.45, 7) is 5.84. The monoisotopic (exact) mass is 517 g/mol. The molecule has 0 aliphatic carbocycles. The first kappa shape index (κ1) is 26.9. The topological polar surface area (TPSA) is 83.8 Å². The molecule has 8 heteroatoms.